The highest BCUT2D eigenvalue weighted by molar-refractivity contribution is 5.89. The van der Waals surface area contributed by atoms with E-state index < -0.39 is 5.60 Å². The Morgan fingerprint density at radius 1 is 0.741 bits per heavy atom. The summed E-state index contributed by atoms with van der Waals surface area (Å²) in [4.78, 5) is 25.7. The van der Waals surface area contributed by atoms with Crippen molar-refractivity contribution in [3.05, 3.63) is 114 Å². The average molecular weight is 752 g/mol. The lowest BCUT2D eigenvalue weighted by Crippen LogP contribution is -2.27. The second-order valence-electron chi connectivity index (χ2n) is 12.2. The van der Waals surface area contributed by atoms with E-state index in [4.69, 9.17) is 14.2 Å². The molecule has 0 aromatic heterocycles. The lowest BCUT2D eigenvalue weighted by Gasteiger charge is -2.23. The van der Waals surface area contributed by atoms with Crippen molar-refractivity contribution in [2.75, 3.05) is 27.3 Å². The lowest BCUT2D eigenvalue weighted by molar-refractivity contribution is -0.140. The number of hydrogen-bond acceptors (Lipinski definition) is 7. The molecule has 1 aliphatic rings. The van der Waals surface area contributed by atoms with Gasteiger partial charge in [0, 0.05) is 19.5 Å². The lowest BCUT2D eigenvalue weighted by atomic mass is 9.97. The third kappa shape index (κ3) is 26.8. The average Bonchev–Trinajstić information content (AvgIpc) is 4.11. The van der Waals surface area contributed by atoms with E-state index in [1.54, 1.807) is 26.0 Å². The van der Waals surface area contributed by atoms with Gasteiger partial charge in [-0.25, -0.2) is 4.79 Å². The Bertz CT molecular complexity index is 1290. The van der Waals surface area contributed by atoms with Gasteiger partial charge in [-0.05, 0) is 80.1 Å². The Labute approximate surface area is 331 Å². The molecule has 3 aromatic carbocycles. The first-order valence-electron chi connectivity index (χ1n) is 20.1. The number of benzene rings is 3. The summed E-state index contributed by atoms with van der Waals surface area (Å²) in [5.74, 6) is 0.309. The van der Waals surface area contributed by atoms with Crippen LogP contribution in [0.25, 0.3) is 0 Å². The Morgan fingerprint density at radius 3 is 1.74 bits per heavy atom. The van der Waals surface area contributed by atoms with Crippen LogP contribution in [0.15, 0.2) is 86.0 Å². The maximum atomic E-state index is 11.8. The van der Waals surface area contributed by atoms with Crippen molar-refractivity contribution in [2.24, 2.45) is 0 Å². The third-order valence-corrected chi connectivity index (χ3v) is 7.19. The first-order chi connectivity index (χ1) is 26.1. The van der Waals surface area contributed by atoms with Gasteiger partial charge < -0.3 is 19.3 Å². The number of hydrogen-bond donors (Lipinski definition) is 1. The van der Waals surface area contributed by atoms with Crippen LogP contribution < -0.4 is 4.74 Å². The second kappa shape index (κ2) is 36.1. The number of nitrogens with zero attached hydrogens (tertiary/aromatic N) is 1. The fraction of sp³-hybridized carbons (Fsp3) is 0.532. The monoisotopic (exact) mass is 752 g/mol. The quantitative estimate of drug-likeness (QED) is 0.0940. The van der Waals surface area contributed by atoms with Crippen LogP contribution in [-0.2, 0) is 39.4 Å². The Morgan fingerprint density at radius 2 is 1.26 bits per heavy atom. The molecule has 0 spiro atoms. The number of esters is 2. The van der Waals surface area contributed by atoms with Crippen LogP contribution in [0.1, 0.15) is 147 Å². The predicted molar refractivity (Wildman–Crippen MR) is 230 cm³/mol. The molecule has 1 aliphatic carbocycles. The zero-order chi connectivity index (χ0) is 41.8. The van der Waals surface area contributed by atoms with Crippen LogP contribution in [0.5, 0.6) is 5.75 Å². The van der Waals surface area contributed by atoms with Gasteiger partial charge in [0.2, 0.25) is 0 Å². The topological polar surface area (TPSA) is 85.3 Å². The highest BCUT2D eigenvalue weighted by Gasteiger charge is 2.15. The summed E-state index contributed by atoms with van der Waals surface area (Å²) in [5.41, 5.74) is 3.77. The van der Waals surface area contributed by atoms with Crippen LogP contribution in [0.3, 0.4) is 0 Å². The number of ether oxygens (including phenoxy) is 3. The SMILES string of the molecule is C1CC1.C=C.CC.CC.CC.CCC.COC(=O)CCCCN(CCc1ccccc1OCc1ccc(C(C)(C)O)cc1)Cc1ccc(C(=O)OC)cc1. The molecule has 306 valence electrons. The first-order valence-corrected chi connectivity index (χ1v) is 20.1. The van der Waals surface area contributed by atoms with Gasteiger partial charge in [0.1, 0.15) is 12.4 Å². The molecule has 0 radical (unpaired) electrons. The highest BCUT2D eigenvalue weighted by atomic mass is 16.5. The van der Waals surface area contributed by atoms with E-state index in [0.717, 1.165) is 66.9 Å². The fourth-order valence-corrected chi connectivity index (χ4v) is 4.40. The van der Waals surface area contributed by atoms with Gasteiger partial charge in [-0.3, -0.25) is 9.69 Å². The Hall–Kier alpha value is -3.94. The van der Waals surface area contributed by atoms with Gasteiger partial charge in [0.25, 0.3) is 0 Å². The molecule has 0 saturated heterocycles. The third-order valence-electron chi connectivity index (χ3n) is 7.19. The molecule has 1 N–H and O–H groups in total. The van der Waals surface area contributed by atoms with Crippen LogP contribution in [0, 0.1) is 0 Å². The van der Waals surface area contributed by atoms with E-state index in [1.165, 1.54) is 39.9 Å². The Kier molecular flexibility index (Phi) is 36.3. The predicted octanol–water partition coefficient (Wildman–Crippen LogP) is 12.1. The van der Waals surface area contributed by atoms with E-state index in [2.05, 4.69) is 38.0 Å². The maximum absolute atomic E-state index is 11.8. The molecule has 0 bridgehead atoms. The number of carbonyl (C=O) groups excluding carboxylic acids is 2. The molecule has 4 rings (SSSR count). The number of unbranched alkanes of at least 4 members (excludes halogenated alkanes) is 1. The number of para-hydroxylation sites is 1. The standard InChI is InChI=1S/C33H41NO6.C3H6.C3H8.3C2H6.C2H4/c1-33(2,37)29-18-14-26(15-19-29)24-40-30-10-6-5-9-27(30)20-22-34(21-8-7-11-31(35)38-3)23-25-12-16-28(17-13-25)32(36)39-4;1-2-3-1;1-3-2;4*1-2/h5-6,9-10,12-19,37H,7-8,11,20-24H2,1-4H3;1-3H2;3H2,1-2H3;3*1-2H3;1-2H2. The van der Waals surface area contributed by atoms with Crippen LogP contribution in [0.4, 0.5) is 0 Å². The van der Waals surface area contributed by atoms with E-state index in [0.29, 0.717) is 18.6 Å². The van der Waals surface area contributed by atoms with E-state index in [9.17, 15) is 14.7 Å². The van der Waals surface area contributed by atoms with Gasteiger partial charge in [-0.1, -0.05) is 136 Å². The smallest absolute Gasteiger partial charge is 0.337 e. The van der Waals surface area contributed by atoms with Crippen molar-refractivity contribution in [1.82, 2.24) is 4.90 Å². The molecule has 1 saturated carbocycles. The summed E-state index contributed by atoms with van der Waals surface area (Å²) in [5, 5.41) is 10.2. The molecule has 1 fully saturated rings. The molecule has 0 amide bonds. The fourth-order valence-electron chi connectivity index (χ4n) is 4.40. The molecule has 0 atom stereocenters. The highest BCUT2D eigenvalue weighted by Crippen LogP contribution is 2.23. The zero-order valence-electron chi connectivity index (χ0n) is 36.3. The van der Waals surface area contributed by atoms with E-state index >= 15 is 0 Å². The minimum absolute atomic E-state index is 0.189. The molecule has 0 unspecified atom stereocenters. The van der Waals surface area contributed by atoms with Crippen LogP contribution >= 0.6 is 0 Å². The van der Waals surface area contributed by atoms with Gasteiger partial charge >= 0.3 is 11.9 Å². The molecular formula is C47H77NO6. The van der Waals surface area contributed by atoms with Crippen molar-refractivity contribution in [1.29, 1.82) is 0 Å². The summed E-state index contributed by atoms with van der Waals surface area (Å²) < 4.78 is 15.8. The minimum atomic E-state index is -0.874. The molecule has 0 aliphatic heterocycles. The van der Waals surface area contributed by atoms with Gasteiger partial charge in [0.15, 0.2) is 0 Å². The summed E-state index contributed by atoms with van der Waals surface area (Å²) in [6.07, 6.45) is 8.58. The zero-order valence-corrected chi connectivity index (χ0v) is 36.3. The van der Waals surface area contributed by atoms with Crippen molar-refractivity contribution in [3.8, 4) is 5.75 Å². The summed E-state index contributed by atoms with van der Waals surface area (Å²) in [6, 6.07) is 23.4. The van der Waals surface area contributed by atoms with Crippen molar-refractivity contribution >= 4 is 11.9 Å². The number of rotatable bonds is 15. The van der Waals surface area contributed by atoms with Crippen LogP contribution in [-0.4, -0.2) is 49.3 Å². The first kappa shape index (κ1) is 54.4. The summed E-state index contributed by atoms with van der Waals surface area (Å²) in [7, 11) is 2.79. The largest absolute Gasteiger partial charge is 0.489 e. The molecule has 3 aromatic rings. The summed E-state index contributed by atoms with van der Waals surface area (Å²) in [6.45, 7) is 28.6. The number of aliphatic hydroxyl groups is 1. The van der Waals surface area contributed by atoms with E-state index in [1.807, 2.05) is 96.1 Å². The second-order valence-corrected chi connectivity index (χ2v) is 12.2. The molecule has 7 heteroatoms. The summed E-state index contributed by atoms with van der Waals surface area (Å²) >= 11 is 0. The van der Waals surface area contributed by atoms with E-state index in [-0.39, 0.29) is 11.9 Å². The van der Waals surface area contributed by atoms with Crippen LogP contribution in [0.2, 0.25) is 0 Å². The van der Waals surface area contributed by atoms with Crippen molar-refractivity contribution in [3.63, 3.8) is 0 Å². The molecule has 54 heavy (non-hydrogen) atoms. The van der Waals surface area contributed by atoms with Gasteiger partial charge in [-0.2, -0.15) is 0 Å². The molecule has 7 nitrogen and oxygen atoms in total. The van der Waals surface area contributed by atoms with Crippen molar-refractivity contribution < 1.29 is 28.9 Å². The maximum Gasteiger partial charge on any atom is 0.337 e. The minimum Gasteiger partial charge on any atom is -0.489 e. The van der Waals surface area contributed by atoms with Gasteiger partial charge in [-0.15, -0.1) is 13.2 Å². The van der Waals surface area contributed by atoms with Gasteiger partial charge in [0.05, 0.1) is 25.4 Å². The normalized spacial score (nSPS) is 10.5. The molecular weight excluding hydrogens is 675 g/mol. The Balaban J connectivity index is -0.00000162. The van der Waals surface area contributed by atoms with Crippen molar-refractivity contribution in [2.45, 2.75) is 139 Å². The number of methoxy groups -OCH3 is 2. The molecule has 0 heterocycles. The number of carbonyl (C=O) groups is 2.